The lowest BCUT2D eigenvalue weighted by Crippen LogP contribution is -2.56. The van der Waals surface area contributed by atoms with Crippen molar-refractivity contribution in [2.75, 3.05) is 39.3 Å². The number of hydrogen-bond acceptors (Lipinski definition) is 4. The molecule has 2 aromatic rings. The van der Waals surface area contributed by atoms with Crippen molar-refractivity contribution in [1.82, 2.24) is 21.3 Å². The Bertz CT molecular complexity index is 1320. The first-order chi connectivity index (χ1) is 23.6. The Morgan fingerprint density at radius 3 is 1.48 bits per heavy atom. The van der Waals surface area contributed by atoms with Gasteiger partial charge < -0.3 is 21.3 Å². The van der Waals surface area contributed by atoms with E-state index in [2.05, 4.69) is 69.8 Å². The average molecular weight is 683 g/mol. The van der Waals surface area contributed by atoms with Crippen LogP contribution in [0, 0.1) is 35.5 Å². The predicted octanol–water partition coefficient (Wildman–Crippen LogP) is 8.29. The van der Waals surface area contributed by atoms with E-state index in [1.165, 1.54) is 23.5 Å². The van der Waals surface area contributed by atoms with Gasteiger partial charge in [-0.2, -0.15) is 0 Å². The van der Waals surface area contributed by atoms with Gasteiger partial charge in [0.05, 0.1) is 0 Å². The van der Waals surface area contributed by atoms with Crippen LogP contribution in [0.1, 0.15) is 88.2 Å². The van der Waals surface area contributed by atoms with Crippen LogP contribution in [0.25, 0.3) is 11.1 Å². The summed E-state index contributed by atoms with van der Waals surface area (Å²) in [7, 11) is -0.358. The zero-order chi connectivity index (χ0) is 31.7. The molecular weight excluding hydrogens is 622 g/mol. The zero-order valence-corrected chi connectivity index (χ0v) is 31.1. The van der Waals surface area contributed by atoms with Gasteiger partial charge in [0.15, 0.2) is 0 Å². The Labute approximate surface area is 293 Å². The van der Waals surface area contributed by atoms with E-state index in [9.17, 15) is 0 Å². The van der Waals surface area contributed by atoms with Crippen molar-refractivity contribution >= 4 is 15.8 Å². The minimum absolute atomic E-state index is 0.0679. The smallest absolute Gasteiger partial charge is 0.0413 e. The molecule has 0 aromatic heterocycles. The summed E-state index contributed by atoms with van der Waals surface area (Å²) in [4.78, 5) is 0. The molecule has 258 valence electrons. The summed E-state index contributed by atoms with van der Waals surface area (Å²) < 4.78 is 0. The van der Waals surface area contributed by atoms with Gasteiger partial charge in [-0.1, -0.05) is 64.4 Å². The van der Waals surface area contributed by atoms with Crippen molar-refractivity contribution in [1.29, 1.82) is 0 Å². The fourth-order valence-electron chi connectivity index (χ4n) is 13.9. The molecule has 12 rings (SSSR count). The summed E-state index contributed by atoms with van der Waals surface area (Å²) in [5.41, 5.74) is 6.30. The van der Waals surface area contributed by atoms with Crippen molar-refractivity contribution in [3.63, 3.8) is 0 Å². The standard InChI is InChI=1S/C42H60N4P2/c1-2-4-35(5-3-1)36-6-7-37(38(18-36)27-47(39-25-43-8-10-45-39)40-26-44-9-11-46-40)28-48(41-19-29-12-30(20-41)14-31(13-29)21-41)42-22-32-15-33(23-42)17-34(16-32)24-42/h1-7,18,29-34,39-40,43-46H,8-17,19-28H2. The van der Waals surface area contributed by atoms with Crippen LogP contribution in [0.5, 0.6) is 0 Å². The van der Waals surface area contributed by atoms with Crippen LogP contribution in [0.4, 0.5) is 0 Å². The van der Waals surface area contributed by atoms with Gasteiger partial charge in [0.1, 0.15) is 0 Å². The highest BCUT2D eigenvalue weighted by Crippen LogP contribution is 2.79. The largest absolute Gasteiger partial charge is 0.314 e. The van der Waals surface area contributed by atoms with Gasteiger partial charge in [-0.3, -0.25) is 0 Å². The molecule has 4 N–H and O–H groups in total. The third-order valence-electron chi connectivity index (χ3n) is 15.0. The molecule has 2 atom stereocenters. The summed E-state index contributed by atoms with van der Waals surface area (Å²) in [5, 5.41) is 17.0. The Morgan fingerprint density at radius 1 is 0.521 bits per heavy atom. The highest BCUT2D eigenvalue weighted by atomic mass is 31.1. The lowest BCUT2D eigenvalue weighted by atomic mass is 9.55. The van der Waals surface area contributed by atoms with Gasteiger partial charge in [0.25, 0.3) is 0 Å². The second-order valence-corrected chi connectivity index (χ2v) is 23.9. The van der Waals surface area contributed by atoms with Crippen molar-refractivity contribution in [3.05, 3.63) is 59.7 Å². The molecule has 2 heterocycles. The van der Waals surface area contributed by atoms with Crippen LogP contribution in [0.15, 0.2) is 48.5 Å². The van der Waals surface area contributed by atoms with E-state index in [-0.39, 0.29) is 15.8 Å². The molecule has 2 aromatic carbocycles. The van der Waals surface area contributed by atoms with Crippen LogP contribution >= 0.6 is 15.8 Å². The molecule has 0 amide bonds. The minimum atomic E-state index is -0.290. The fourth-order valence-corrected chi connectivity index (χ4v) is 22.1. The van der Waals surface area contributed by atoms with Crippen LogP contribution in [-0.4, -0.2) is 61.1 Å². The van der Waals surface area contributed by atoms with Crippen molar-refractivity contribution in [2.24, 2.45) is 35.5 Å². The first-order valence-corrected chi connectivity index (χ1v) is 23.4. The van der Waals surface area contributed by atoms with Crippen LogP contribution < -0.4 is 21.3 Å². The third kappa shape index (κ3) is 5.90. The molecule has 8 aliphatic carbocycles. The number of hydrogen-bond donors (Lipinski definition) is 4. The highest BCUT2D eigenvalue weighted by Gasteiger charge is 2.62. The Kier molecular flexibility index (Phi) is 8.60. The van der Waals surface area contributed by atoms with Gasteiger partial charge in [-0.25, -0.2) is 0 Å². The van der Waals surface area contributed by atoms with Gasteiger partial charge in [0.2, 0.25) is 0 Å². The maximum absolute atomic E-state index is 4.02. The molecule has 10 aliphatic rings. The van der Waals surface area contributed by atoms with Crippen molar-refractivity contribution in [2.45, 2.75) is 111 Å². The monoisotopic (exact) mass is 682 g/mol. The topological polar surface area (TPSA) is 48.1 Å². The summed E-state index contributed by atoms with van der Waals surface area (Å²) >= 11 is 0. The van der Waals surface area contributed by atoms with Crippen LogP contribution in [0.3, 0.4) is 0 Å². The van der Waals surface area contributed by atoms with E-state index in [1.807, 2.05) is 0 Å². The van der Waals surface area contributed by atoms with Crippen LogP contribution in [-0.2, 0) is 12.3 Å². The predicted molar refractivity (Wildman–Crippen MR) is 204 cm³/mol. The number of piperazine rings is 2. The third-order valence-corrected chi connectivity index (χ3v) is 22.1. The molecule has 8 bridgehead atoms. The molecule has 2 unspecified atom stereocenters. The normalized spacial score (nSPS) is 42.6. The second-order valence-electron chi connectivity index (χ2n) is 18.2. The van der Waals surface area contributed by atoms with E-state index >= 15 is 0 Å². The Morgan fingerprint density at radius 2 is 1.02 bits per heavy atom. The summed E-state index contributed by atoms with van der Waals surface area (Å²) in [6.07, 6.45) is 21.8. The molecule has 0 spiro atoms. The van der Waals surface area contributed by atoms with E-state index in [1.54, 1.807) is 88.2 Å². The fraction of sp³-hybridized carbons (Fsp3) is 0.714. The molecule has 4 nitrogen and oxygen atoms in total. The molecular formula is C42H60N4P2. The number of rotatable bonds is 9. The van der Waals surface area contributed by atoms with E-state index in [0.717, 1.165) is 74.8 Å². The highest BCUT2D eigenvalue weighted by molar-refractivity contribution is 7.60. The molecule has 2 aliphatic heterocycles. The quantitative estimate of drug-likeness (QED) is 0.201. The summed E-state index contributed by atoms with van der Waals surface area (Å²) in [6.45, 7) is 6.64. The van der Waals surface area contributed by atoms with Crippen LogP contribution in [0.2, 0.25) is 0 Å². The van der Waals surface area contributed by atoms with Crippen molar-refractivity contribution in [3.8, 4) is 11.1 Å². The van der Waals surface area contributed by atoms with E-state index < -0.39 is 0 Å². The molecule has 6 heteroatoms. The van der Waals surface area contributed by atoms with Gasteiger partial charge >= 0.3 is 0 Å². The van der Waals surface area contributed by atoms with E-state index in [4.69, 9.17) is 0 Å². The lowest BCUT2D eigenvalue weighted by Gasteiger charge is -2.67. The summed E-state index contributed by atoms with van der Waals surface area (Å²) in [5.74, 6) is 7.47. The van der Waals surface area contributed by atoms with Gasteiger partial charge in [0, 0.05) is 50.8 Å². The molecule has 0 radical (unpaired) electrons. The molecule has 48 heavy (non-hydrogen) atoms. The lowest BCUT2D eigenvalue weighted by molar-refractivity contribution is 0.0184. The van der Waals surface area contributed by atoms with Crippen molar-refractivity contribution < 1.29 is 0 Å². The zero-order valence-electron chi connectivity index (χ0n) is 29.3. The summed E-state index contributed by atoms with van der Waals surface area (Å²) in [6, 6.07) is 19.2. The second kappa shape index (κ2) is 13.0. The van der Waals surface area contributed by atoms with Gasteiger partial charge in [-0.05, 0) is 157 Å². The number of nitrogens with one attached hydrogen (secondary N) is 4. The molecule has 2 saturated heterocycles. The first-order valence-electron chi connectivity index (χ1n) is 20.2. The Hall–Kier alpha value is -0.860. The minimum Gasteiger partial charge on any atom is -0.314 e. The Balaban J connectivity index is 1.06. The van der Waals surface area contributed by atoms with E-state index in [0.29, 0.717) is 21.9 Å². The molecule has 10 fully saturated rings. The number of benzene rings is 2. The molecule has 8 saturated carbocycles. The first kappa shape index (κ1) is 31.8. The maximum atomic E-state index is 4.02. The van der Waals surface area contributed by atoms with Gasteiger partial charge in [-0.15, -0.1) is 0 Å². The maximum Gasteiger partial charge on any atom is 0.0413 e. The average Bonchev–Trinajstić information content (AvgIpc) is 3.10. The SMILES string of the molecule is c1ccc(-c2ccc(CP(C34CC5CC(CC(C5)C3)C4)C34CC5CC(CC(C5)C3)C4)c(CP(C3CNCCN3)C3CNCCN3)c2)cc1.